The number of rotatable bonds is 8. The SMILES string of the molecule is CNCCC1CCN(C(=O)c2ccc(OCc3cscn3)c(OC)c2)CC1.Cl.Cl. The number of ether oxygens (including phenoxy) is 2. The maximum atomic E-state index is 12.9. The van der Waals surface area contributed by atoms with Crippen LogP contribution in [0, 0.1) is 5.92 Å². The molecule has 0 aliphatic carbocycles. The second kappa shape index (κ2) is 12.9. The Morgan fingerprint density at radius 1 is 1.28 bits per heavy atom. The molecule has 1 aliphatic rings. The Labute approximate surface area is 188 Å². The van der Waals surface area contributed by atoms with Crippen molar-refractivity contribution in [3.8, 4) is 11.5 Å². The molecular formula is C20H29Cl2N3O3S. The molecule has 0 spiro atoms. The van der Waals surface area contributed by atoms with Crippen molar-refractivity contribution in [2.24, 2.45) is 5.92 Å². The third kappa shape index (κ3) is 7.03. The summed E-state index contributed by atoms with van der Waals surface area (Å²) in [7, 11) is 3.57. The number of nitrogens with zero attached hydrogens (tertiary/aromatic N) is 2. The van der Waals surface area contributed by atoms with Crippen LogP contribution < -0.4 is 14.8 Å². The van der Waals surface area contributed by atoms with Gasteiger partial charge < -0.3 is 19.7 Å². The number of benzene rings is 1. The van der Waals surface area contributed by atoms with Gasteiger partial charge >= 0.3 is 0 Å². The fraction of sp³-hybridized carbons (Fsp3) is 0.500. The van der Waals surface area contributed by atoms with Crippen LogP contribution in [0.1, 0.15) is 35.3 Å². The zero-order valence-corrected chi connectivity index (χ0v) is 19.2. The van der Waals surface area contributed by atoms with Gasteiger partial charge in [-0.1, -0.05) is 0 Å². The Kier molecular flexibility index (Phi) is 11.3. The molecule has 2 heterocycles. The number of hydrogen-bond donors (Lipinski definition) is 1. The number of likely N-dealkylation sites (tertiary alicyclic amines) is 1. The fourth-order valence-corrected chi connectivity index (χ4v) is 3.88. The number of amides is 1. The number of thiazole rings is 1. The third-order valence-corrected chi connectivity index (χ3v) is 5.61. The van der Waals surface area contributed by atoms with Crippen LogP contribution in [0.4, 0.5) is 0 Å². The van der Waals surface area contributed by atoms with E-state index in [0.717, 1.165) is 38.2 Å². The number of methoxy groups -OCH3 is 1. The first-order valence-corrected chi connectivity index (χ1v) is 10.3. The summed E-state index contributed by atoms with van der Waals surface area (Å²) in [5.41, 5.74) is 3.30. The minimum Gasteiger partial charge on any atom is -0.493 e. The van der Waals surface area contributed by atoms with Crippen molar-refractivity contribution in [2.45, 2.75) is 25.9 Å². The molecule has 0 saturated carbocycles. The molecule has 3 rings (SSSR count). The maximum absolute atomic E-state index is 12.9. The topological polar surface area (TPSA) is 63.7 Å². The van der Waals surface area contributed by atoms with E-state index in [4.69, 9.17) is 9.47 Å². The van der Waals surface area contributed by atoms with Crippen molar-refractivity contribution in [3.63, 3.8) is 0 Å². The van der Waals surface area contributed by atoms with Gasteiger partial charge in [0.25, 0.3) is 5.91 Å². The molecule has 9 heteroatoms. The van der Waals surface area contributed by atoms with Gasteiger partial charge in [-0.3, -0.25) is 4.79 Å². The van der Waals surface area contributed by atoms with E-state index < -0.39 is 0 Å². The zero-order chi connectivity index (χ0) is 19.1. The molecule has 162 valence electrons. The average Bonchev–Trinajstić information content (AvgIpc) is 3.24. The highest BCUT2D eigenvalue weighted by molar-refractivity contribution is 7.07. The van der Waals surface area contributed by atoms with Crippen LogP contribution in [0.5, 0.6) is 11.5 Å². The number of carbonyl (C=O) groups excluding carboxylic acids is 1. The largest absolute Gasteiger partial charge is 0.493 e. The van der Waals surface area contributed by atoms with Crippen LogP contribution in [0.2, 0.25) is 0 Å². The highest BCUT2D eigenvalue weighted by Crippen LogP contribution is 2.30. The molecule has 0 radical (unpaired) electrons. The monoisotopic (exact) mass is 461 g/mol. The zero-order valence-electron chi connectivity index (χ0n) is 16.8. The van der Waals surface area contributed by atoms with Crippen LogP contribution >= 0.6 is 36.2 Å². The maximum Gasteiger partial charge on any atom is 0.253 e. The Balaban J connectivity index is 0.00000210. The normalized spacial score (nSPS) is 13.9. The van der Waals surface area contributed by atoms with E-state index in [0.29, 0.717) is 29.6 Å². The van der Waals surface area contributed by atoms with Crippen LogP contribution in [-0.4, -0.2) is 49.6 Å². The lowest BCUT2D eigenvalue weighted by molar-refractivity contribution is 0.0686. The van der Waals surface area contributed by atoms with E-state index in [1.54, 1.807) is 24.8 Å². The molecule has 0 unspecified atom stereocenters. The molecule has 2 aromatic rings. The summed E-state index contributed by atoms with van der Waals surface area (Å²) < 4.78 is 11.2. The van der Waals surface area contributed by atoms with Gasteiger partial charge in [-0.05, 0) is 57.0 Å². The minimum absolute atomic E-state index is 0. The van der Waals surface area contributed by atoms with Crippen LogP contribution in [-0.2, 0) is 6.61 Å². The Bertz CT molecular complexity index is 739. The Morgan fingerprint density at radius 3 is 2.66 bits per heavy atom. The van der Waals surface area contributed by atoms with Crippen LogP contribution in [0.3, 0.4) is 0 Å². The standard InChI is InChI=1S/C20H27N3O3S.2ClH/c1-21-8-5-15-6-9-23(10-7-15)20(24)16-3-4-18(19(11-16)25-2)26-12-17-13-27-14-22-17;;/h3-4,11,13-15,21H,5-10,12H2,1-2H3;2*1H. The summed E-state index contributed by atoms with van der Waals surface area (Å²) in [6.07, 6.45) is 3.32. The molecule has 1 aromatic heterocycles. The summed E-state index contributed by atoms with van der Waals surface area (Å²) in [4.78, 5) is 19.0. The van der Waals surface area contributed by atoms with E-state index in [2.05, 4.69) is 10.3 Å². The molecule has 0 bridgehead atoms. The molecule has 1 aromatic carbocycles. The van der Waals surface area contributed by atoms with Crippen molar-refractivity contribution in [1.82, 2.24) is 15.2 Å². The van der Waals surface area contributed by atoms with Crippen LogP contribution in [0.25, 0.3) is 0 Å². The summed E-state index contributed by atoms with van der Waals surface area (Å²) >= 11 is 1.54. The van der Waals surface area contributed by atoms with E-state index in [9.17, 15) is 4.79 Å². The molecule has 29 heavy (non-hydrogen) atoms. The summed E-state index contributed by atoms with van der Waals surface area (Å²) in [5, 5.41) is 5.15. The van der Waals surface area contributed by atoms with Gasteiger partial charge in [0.05, 0.1) is 18.3 Å². The number of aromatic nitrogens is 1. The summed E-state index contributed by atoms with van der Waals surface area (Å²) in [6, 6.07) is 5.39. The lowest BCUT2D eigenvalue weighted by Gasteiger charge is -2.32. The number of hydrogen-bond acceptors (Lipinski definition) is 6. The van der Waals surface area contributed by atoms with Gasteiger partial charge in [0.2, 0.25) is 0 Å². The average molecular weight is 462 g/mol. The molecule has 0 atom stereocenters. The number of piperidine rings is 1. The van der Waals surface area contributed by atoms with E-state index in [-0.39, 0.29) is 30.7 Å². The van der Waals surface area contributed by atoms with E-state index in [1.807, 2.05) is 23.4 Å². The molecule has 1 saturated heterocycles. The number of halogens is 2. The van der Waals surface area contributed by atoms with Crippen molar-refractivity contribution in [3.05, 3.63) is 40.3 Å². The van der Waals surface area contributed by atoms with Gasteiger partial charge in [0.15, 0.2) is 11.5 Å². The predicted octanol–water partition coefficient (Wildman–Crippen LogP) is 4.04. The summed E-state index contributed by atoms with van der Waals surface area (Å²) in [6.45, 7) is 3.06. The number of nitrogens with one attached hydrogen (secondary N) is 1. The highest BCUT2D eigenvalue weighted by atomic mass is 35.5. The lowest BCUT2D eigenvalue weighted by Crippen LogP contribution is -2.39. The van der Waals surface area contributed by atoms with Gasteiger partial charge in [-0.25, -0.2) is 4.98 Å². The first-order chi connectivity index (χ1) is 13.2. The first-order valence-electron chi connectivity index (χ1n) is 9.33. The summed E-state index contributed by atoms with van der Waals surface area (Å²) in [5.74, 6) is 1.96. The molecule has 1 aliphatic heterocycles. The van der Waals surface area contributed by atoms with Crippen molar-refractivity contribution >= 4 is 42.1 Å². The van der Waals surface area contributed by atoms with Crippen LogP contribution in [0.15, 0.2) is 29.1 Å². The second-order valence-electron chi connectivity index (χ2n) is 6.76. The third-order valence-electron chi connectivity index (χ3n) is 4.97. The fourth-order valence-electron chi connectivity index (χ4n) is 3.34. The first kappa shape index (κ1) is 25.5. The molecule has 1 fully saturated rings. The molecule has 1 amide bonds. The van der Waals surface area contributed by atoms with E-state index in [1.165, 1.54) is 17.8 Å². The van der Waals surface area contributed by atoms with Crippen molar-refractivity contribution in [2.75, 3.05) is 33.8 Å². The van der Waals surface area contributed by atoms with Crippen molar-refractivity contribution in [1.29, 1.82) is 0 Å². The van der Waals surface area contributed by atoms with Crippen molar-refractivity contribution < 1.29 is 14.3 Å². The smallest absolute Gasteiger partial charge is 0.253 e. The molecule has 1 N–H and O–H groups in total. The molecule has 6 nitrogen and oxygen atoms in total. The number of carbonyl (C=O) groups is 1. The quantitative estimate of drug-likeness (QED) is 0.642. The van der Waals surface area contributed by atoms with Gasteiger partial charge in [0, 0.05) is 24.0 Å². The second-order valence-corrected chi connectivity index (χ2v) is 7.48. The molecular weight excluding hydrogens is 433 g/mol. The van der Waals surface area contributed by atoms with Gasteiger partial charge in [-0.15, -0.1) is 36.2 Å². The predicted molar refractivity (Wildman–Crippen MR) is 121 cm³/mol. The lowest BCUT2D eigenvalue weighted by atomic mass is 9.93. The van der Waals surface area contributed by atoms with Gasteiger partial charge in [0.1, 0.15) is 6.61 Å². The minimum atomic E-state index is 0. The Hall–Kier alpha value is -1.54. The Morgan fingerprint density at radius 2 is 2.03 bits per heavy atom. The van der Waals surface area contributed by atoms with E-state index >= 15 is 0 Å². The highest BCUT2D eigenvalue weighted by Gasteiger charge is 2.24. The van der Waals surface area contributed by atoms with Gasteiger partial charge in [-0.2, -0.15) is 0 Å².